The molecule has 0 saturated heterocycles. The van der Waals surface area contributed by atoms with Crippen LogP contribution in [-0.2, 0) is 25.0 Å². The van der Waals surface area contributed by atoms with E-state index >= 15 is 0 Å². The maximum absolute atomic E-state index is 12.7. The molecular weight excluding hydrogens is 390 g/mol. The van der Waals surface area contributed by atoms with E-state index in [4.69, 9.17) is 9.51 Å². The minimum absolute atomic E-state index is 0.0434. The fourth-order valence-electron chi connectivity index (χ4n) is 3.30. The minimum atomic E-state index is -0.0434. The van der Waals surface area contributed by atoms with Gasteiger partial charge in [0, 0.05) is 28.8 Å². The molecule has 28 heavy (non-hydrogen) atoms. The quantitative estimate of drug-likeness (QED) is 0.574. The van der Waals surface area contributed by atoms with Crippen LogP contribution in [-0.4, -0.2) is 22.6 Å². The molecule has 7 heteroatoms. The molecule has 1 amide bonds. The largest absolute Gasteiger partial charge is 0.360 e. The molecule has 0 atom stereocenters. The van der Waals surface area contributed by atoms with Crippen LogP contribution in [0.5, 0.6) is 0 Å². The Morgan fingerprint density at radius 1 is 1.29 bits per heavy atom. The first-order valence-corrected chi connectivity index (χ1v) is 11.4. The lowest BCUT2D eigenvalue weighted by Gasteiger charge is -2.09. The Hall–Kier alpha value is -2.12. The molecule has 5 nitrogen and oxygen atoms in total. The van der Waals surface area contributed by atoms with Crippen molar-refractivity contribution in [2.75, 3.05) is 6.54 Å². The van der Waals surface area contributed by atoms with Gasteiger partial charge in [0.15, 0.2) is 0 Å². The van der Waals surface area contributed by atoms with Gasteiger partial charge in [0.1, 0.15) is 5.76 Å². The third kappa shape index (κ3) is 4.64. The smallest absolute Gasteiger partial charge is 0.252 e. The van der Waals surface area contributed by atoms with Crippen molar-refractivity contribution < 1.29 is 9.32 Å². The summed E-state index contributed by atoms with van der Waals surface area (Å²) in [6.45, 7) is 2.50. The molecule has 1 N–H and O–H groups in total. The van der Waals surface area contributed by atoms with Crippen molar-refractivity contribution in [1.82, 2.24) is 15.5 Å². The Kier molecular flexibility index (Phi) is 6.12. The highest BCUT2D eigenvalue weighted by Gasteiger charge is 2.16. The molecule has 146 valence electrons. The molecule has 0 spiro atoms. The number of hydrogen-bond donors (Lipinski definition) is 1. The maximum atomic E-state index is 12.7. The van der Waals surface area contributed by atoms with E-state index in [0.717, 1.165) is 40.6 Å². The summed E-state index contributed by atoms with van der Waals surface area (Å²) in [5.41, 5.74) is 2.84. The predicted octanol–water partition coefficient (Wildman–Crippen LogP) is 4.58. The Morgan fingerprint density at radius 2 is 2.14 bits per heavy atom. The molecular formula is C21H23N3O2S2. The first-order chi connectivity index (χ1) is 13.7. The Labute approximate surface area is 172 Å². The van der Waals surface area contributed by atoms with Gasteiger partial charge in [-0.1, -0.05) is 17.3 Å². The number of nitrogens with zero attached hydrogens (tertiary/aromatic N) is 2. The highest BCUT2D eigenvalue weighted by atomic mass is 32.2. The number of aromatic nitrogens is 2. The van der Waals surface area contributed by atoms with Gasteiger partial charge in [-0.05, 0) is 44.7 Å². The van der Waals surface area contributed by atoms with Gasteiger partial charge < -0.3 is 9.84 Å². The number of amides is 1. The summed E-state index contributed by atoms with van der Waals surface area (Å²) in [5.74, 6) is 1.42. The van der Waals surface area contributed by atoms with E-state index in [0.29, 0.717) is 17.9 Å². The monoisotopic (exact) mass is 413 g/mol. The number of rotatable bonds is 7. The maximum Gasteiger partial charge on any atom is 0.252 e. The molecule has 2 aromatic heterocycles. The van der Waals surface area contributed by atoms with E-state index in [2.05, 4.69) is 10.5 Å². The van der Waals surface area contributed by atoms with E-state index in [9.17, 15) is 4.79 Å². The van der Waals surface area contributed by atoms with Gasteiger partial charge in [-0.3, -0.25) is 4.79 Å². The lowest BCUT2D eigenvalue weighted by molar-refractivity contribution is 0.0951. The summed E-state index contributed by atoms with van der Waals surface area (Å²) in [6, 6.07) is 9.60. The Balaban J connectivity index is 1.33. The number of nitrogens with one attached hydrogen (secondary N) is 1. The highest BCUT2D eigenvalue weighted by Crippen LogP contribution is 2.28. The summed E-state index contributed by atoms with van der Waals surface area (Å²) < 4.78 is 5.26. The molecule has 0 saturated carbocycles. The van der Waals surface area contributed by atoms with Gasteiger partial charge in [0.05, 0.1) is 27.7 Å². The zero-order valence-electron chi connectivity index (χ0n) is 15.9. The summed E-state index contributed by atoms with van der Waals surface area (Å²) in [7, 11) is 0. The topological polar surface area (TPSA) is 68.0 Å². The highest BCUT2D eigenvalue weighted by molar-refractivity contribution is 7.98. The zero-order valence-corrected chi connectivity index (χ0v) is 17.5. The number of aryl methyl sites for hydroxylation is 3. The number of carbonyl (C=O) groups excluding carboxylic acids is 1. The first kappa shape index (κ1) is 19.2. The molecule has 0 fully saturated rings. The SMILES string of the molecule is Cc1cc(CSc2ccccc2C(=O)NCCc2nc3c(s2)CCCC3)on1. The van der Waals surface area contributed by atoms with Crippen LogP contribution in [0.15, 0.2) is 39.8 Å². The van der Waals surface area contributed by atoms with Gasteiger partial charge in [-0.15, -0.1) is 23.1 Å². The Bertz CT molecular complexity index is 941. The van der Waals surface area contributed by atoms with Crippen molar-refractivity contribution in [1.29, 1.82) is 0 Å². The number of thioether (sulfide) groups is 1. The second kappa shape index (κ2) is 8.92. The number of benzene rings is 1. The molecule has 0 bridgehead atoms. The average molecular weight is 414 g/mol. The van der Waals surface area contributed by atoms with Crippen molar-refractivity contribution >= 4 is 29.0 Å². The van der Waals surface area contributed by atoms with Crippen LogP contribution in [0, 0.1) is 6.92 Å². The van der Waals surface area contributed by atoms with Crippen LogP contribution in [0.1, 0.15) is 50.2 Å². The predicted molar refractivity (Wildman–Crippen MR) is 112 cm³/mol. The molecule has 0 unspecified atom stereocenters. The second-order valence-electron chi connectivity index (χ2n) is 6.91. The lowest BCUT2D eigenvalue weighted by atomic mass is 10.0. The molecule has 1 aliphatic rings. The van der Waals surface area contributed by atoms with E-state index in [-0.39, 0.29) is 5.91 Å². The summed E-state index contributed by atoms with van der Waals surface area (Å²) >= 11 is 3.40. The molecule has 2 heterocycles. The van der Waals surface area contributed by atoms with Crippen LogP contribution in [0.4, 0.5) is 0 Å². The molecule has 1 aromatic carbocycles. The summed E-state index contributed by atoms with van der Waals surface area (Å²) in [6.07, 6.45) is 5.57. The van der Waals surface area contributed by atoms with Crippen molar-refractivity contribution in [3.63, 3.8) is 0 Å². The third-order valence-corrected chi connectivity index (χ3v) is 7.01. The van der Waals surface area contributed by atoms with Crippen LogP contribution in [0.3, 0.4) is 0 Å². The van der Waals surface area contributed by atoms with E-state index in [1.807, 2.05) is 48.6 Å². The average Bonchev–Trinajstić information content (AvgIpc) is 3.32. The minimum Gasteiger partial charge on any atom is -0.360 e. The molecule has 1 aliphatic carbocycles. The van der Waals surface area contributed by atoms with Gasteiger partial charge >= 0.3 is 0 Å². The standard InChI is InChI=1S/C21H23N3O2S2/c1-14-12-15(26-24-14)13-27-18-8-4-2-6-16(18)21(25)22-11-10-20-23-17-7-3-5-9-19(17)28-20/h2,4,6,8,12H,3,5,7,9-11,13H2,1H3,(H,22,25). The molecule has 4 rings (SSSR count). The normalized spacial score (nSPS) is 13.3. The van der Waals surface area contributed by atoms with Gasteiger partial charge in [0.2, 0.25) is 0 Å². The third-order valence-electron chi connectivity index (χ3n) is 4.69. The molecule has 0 aliphatic heterocycles. The van der Waals surface area contributed by atoms with E-state index < -0.39 is 0 Å². The second-order valence-corrected chi connectivity index (χ2v) is 9.10. The molecule has 3 aromatic rings. The fourth-order valence-corrected chi connectivity index (χ4v) is 5.39. The van der Waals surface area contributed by atoms with E-state index in [1.165, 1.54) is 23.4 Å². The van der Waals surface area contributed by atoms with Gasteiger partial charge in [0.25, 0.3) is 5.91 Å². The fraction of sp³-hybridized carbons (Fsp3) is 0.381. The number of hydrogen-bond acceptors (Lipinski definition) is 6. The van der Waals surface area contributed by atoms with Crippen molar-refractivity contribution in [2.45, 2.75) is 49.7 Å². The van der Waals surface area contributed by atoms with Crippen molar-refractivity contribution in [2.24, 2.45) is 0 Å². The van der Waals surface area contributed by atoms with Crippen LogP contribution < -0.4 is 5.32 Å². The summed E-state index contributed by atoms with van der Waals surface area (Å²) in [4.78, 5) is 19.8. The zero-order chi connectivity index (χ0) is 19.3. The van der Waals surface area contributed by atoms with Crippen LogP contribution in [0.2, 0.25) is 0 Å². The number of thiazole rings is 1. The lowest BCUT2D eigenvalue weighted by Crippen LogP contribution is -2.26. The number of carbonyl (C=O) groups is 1. The van der Waals surface area contributed by atoms with Crippen molar-refractivity contribution in [3.8, 4) is 0 Å². The van der Waals surface area contributed by atoms with E-state index in [1.54, 1.807) is 11.8 Å². The molecule has 0 radical (unpaired) electrons. The van der Waals surface area contributed by atoms with Crippen LogP contribution >= 0.6 is 23.1 Å². The van der Waals surface area contributed by atoms with Crippen molar-refractivity contribution in [3.05, 3.63) is 62.9 Å². The first-order valence-electron chi connectivity index (χ1n) is 9.59. The summed E-state index contributed by atoms with van der Waals surface area (Å²) in [5, 5.41) is 8.09. The van der Waals surface area contributed by atoms with Gasteiger partial charge in [-0.25, -0.2) is 4.98 Å². The van der Waals surface area contributed by atoms with Crippen LogP contribution in [0.25, 0.3) is 0 Å². The Morgan fingerprint density at radius 3 is 2.96 bits per heavy atom. The number of fused-ring (bicyclic) bond motifs is 1. The van der Waals surface area contributed by atoms with Gasteiger partial charge in [-0.2, -0.15) is 0 Å².